The normalized spacial score (nSPS) is 27.2. The first-order chi connectivity index (χ1) is 9.22. The maximum atomic E-state index is 5.95. The van der Waals surface area contributed by atoms with Gasteiger partial charge in [-0.1, -0.05) is 26.0 Å². The van der Waals surface area contributed by atoms with Crippen molar-refractivity contribution in [1.82, 2.24) is 9.55 Å². The molecule has 19 heavy (non-hydrogen) atoms. The number of hydrogen-bond donors (Lipinski definition) is 0. The van der Waals surface area contributed by atoms with Crippen LogP contribution < -0.4 is 0 Å². The molecule has 2 aromatic rings. The Morgan fingerprint density at radius 2 is 2.05 bits per heavy atom. The maximum absolute atomic E-state index is 5.95. The van der Waals surface area contributed by atoms with E-state index in [9.17, 15) is 0 Å². The highest BCUT2D eigenvalue weighted by atomic mass is 35.5. The van der Waals surface area contributed by atoms with Crippen molar-refractivity contribution >= 4 is 22.6 Å². The second-order valence-electron chi connectivity index (χ2n) is 5.81. The number of hydrogen-bond acceptors (Lipinski definition) is 1. The summed E-state index contributed by atoms with van der Waals surface area (Å²) in [6.07, 6.45) is 3.43. The zero-order chi connectivity index (χ0) is 13.4. The zero-order valence-corrected chi connectivity index (χ0v) is 12.4. The van der Waals surface area contributed by atoms with Crippen LogP contribution in [0.2, 0.25) is 0 Å². The van der Waals surface area contributed by atoms with E-state index in [2.05, 4.69) is 42.7 Å². The molecule has 1 heterocycles. The molecule has 0 saturated heterocycles. The third-order valence-corrected chi connectivity index (χ3v) is 4.93. The monoisotopic (exact) mass is 276 g/mol. The Morgan fingerprint density at radius 1 is 1.26 bits per heavy atom. The van der Waals surface area contributed by atoms with Gasteiger partial charge in [0.2, 0.25) is 0 Å². The Labute approximate surface area is 119 Å². The van der Waals surface area contributed by atoms with E-state index in [1.54, 1.807) is 0 Å². The van der Waals surface area contributed by atoms with E-state index in [1.165, 1.54) is 18.4 Å². The first kappa shape index (κ1) is 13.0. The summed E-state index contributed by atoms with van der Waals surface area (Å²) in [6, 6.07) is 9.04. The number of aryl methyl sites for hydroxylation is 1. The van der Waals surface area contributed by atoms with Gasteiger partial charge in [0, 0.05) is 18.3 Å². The van der Waals surface area contributed by atoms with Crippen molar-refractivity contribution in [2.24, 2.45) is 11.8 Å². The van der Waals surface area contributed by atoms with Crippen molar-refractivity contribution in [2.75, 3.05) is 5.88 Å². The molecule has 1 aliphatic carbocycles. The number of halogens is 1. The molecule has 0 aliphatic heterocycles. The van der Waals surface area contributed by atoms with Crippen LogP contribution in [0, 0.1) is 11.8 Å². The Morgan fingerprint density at radius 3 is 2.74 bits per heavy atom. The molecule has 2 nitrogen and oxygen atoms in total. The van der Waals surface area contributed by atoms with Crippen molar-refractivity contribution in [3.05, 3.63) is 30.1 Å². The fraction of sp³-hybridized carbons (Fsp3) is 0.562. The molecule has 1 aromatic carbocycles. The van der Waals surface area contributed by atoms with Gasteiger partial charge in [-0.2, -0.15) is 0 Å². The van der Waals surface area contributed by atoms with Gasteiger partial charge in [0.15, 0.2) is 0 Å². The molecular weight excluding hydrogens is 256 g/mol. The van der Waals surface area contributed by atoms with Crippen LogP contribution in [0.1, 0.15) is 38.6 Å². The molecule has 3 heteroatoms. The second kappa shape index (κ2) is 5.16. The van der Waals surface area contributed by atoms with Crippen molar-refractivity contribution in [1.29, 1.82) is 0 Å². The molecule has 0 amide bonds. The van der Waals surface area contributed by atoms with Crippen LogP contribution in [-0.4, -0.2) is 15.4 Å². The molecule has 0 radical (unpaired) electrons. The average molecular weight is 277 g/mol. The topological polar surface area (TPSA) is 17.8 Å². The van der Waals surface area contributed by atoms with Gasteiger partial charge in [0.05, 0.1) is 11.0 Å². The van der Waals surface area contributed by atoms with Gasteiger partial charge >= 0.3 is 0 Å². The average Bonchev–Trinajstić information content (AvgIpc) is 2.92. The number of nitrogens with zero attached hydrogens (tertiary/aromatic N) is 2. The minimum Gasteiger partial charge on any atom is -0.325 e. The quantitative estimate of drug-likeness (QED) is 0.759. The lowest BCUT2D eigenvalue weighted by atomic mass is 9.97. The highest BCUT2D eigenvalue weighted by Gasteiger charge is 2.33. The molecule has 102 valence electrons. The number of imidazole rings is 1. The SMILES string of the molecule is CC1CCC(n2c(CCCl)nc3ccccc32)C1C. The summed E-state index contributed by atoms with van der Waals surface area (Å²) in [5.41, 5.74) is 2.38. The van der Waals surface area contributed by atoms with E-state index >= 15 is 0 Å². The molecule has 1 saturated carbocycles. The van der Waals surface area contributed by atoms with Gasteiger partial charge < -0.3 is 4.57 Å². The van der Waals surface area contributed by atoms with E-state index in [1.807, 2.05) is 0 Å². The smallest absolute Gasteiger partial charge is 0.111 e. The first-order valence-corrected chi connectivity index (χ1v) is 7.77. The molecule has 1 aliphatic rings. The molecule has 0 spiro atoms. The van der Waals surface area contributed by atoms with Crippen LogP contribution in [-0.2, 0) is 6.42 Å². The van der Waals surface area contributed by atoms with Crippen LogP contribution in [0.4, 0.5) is 0 Å². The summed E-state index contributed by atoms with van der Waals surface area (Å²) in [5.74, 6) is 3.31. The fourth-order valence-corrected chi connectivity index (χ4v) is 3.60. The Balaban J connectivity index is 2.12. The van der Waals surface area contributed by atoms with Crippen molar-refractivity contribution in [2.45, 2.75) is 39.2 Å². The summed E-state index contributed by atoms with van der Waals surface area (Å²) in [7, 11) is 0. The summed E-state index contributed by atoms with van der Waals surface area (Å²) < 4.78 is 2.46. The van der Waals surface area contributed by atoms with Gasteiger partial charge in [-0.15, -0.1) is 11.6 Å². The van der Waals surface area contributed by atoms with Crippen molar-refractivity contribution < 1.29 is 0 Å². The van der Waals surface area contributed by atoms with Gasteiger partial charge in [-0.25, -0.2) is 4.98 Å². The molecular formula is C16H21ClN2. The minimum atomic E-state index is 0.584. The highest BCUT2D eigenvalue weighted by molar-refractivity contribution is 6.17. The predicted molar refractivity (Wildman–Crippen MR) is 80.8 cm³/mol. The predicted octanol–water partition coefficient (Wildman–Crippen LogP) is 4.42. The van der Waals surface area contributed by atoms with Crippen molar-refractivity contribution in [3.63, 3.8) is 0 Å². The number of alkyl halides is 1. The summed E-state index contributed by atoms with van der Waals surface area (Å²) >= 11 is 5.95. The molecule has 1 fully saturated rings. The first-order valence-electron chi connectivity index (χ1n) is 7.24. The zero-order valence-electron chi connectivity index (χ0n) is 11.6. The maximum Gasteiger partial charge on any atom is 0.111 e. The summed E-state index contributed by atoms with van der Waals surface area (Å²) in [4.78, 5) is 4.78. The molecule has 3 rings (SSSR count). The van der Waals surface area contributed by atoms with E-state index in [-0.39, 0.29) is 0 Å². The Kier molecular flexibility index (Phi) is 3.53. The van der Waals surface area contributed by atoms with Crippen LogP contribution in [0.25, 0.3) is 11.0 Å². The van der Waals surface area contributed by atoms with Gasteiger partial charge in [-0.05, 0) is 36.8 Å². The molecule has 0 bridgehead atoms. The third kappa shape index (κ3) is 2.16. The molecule has 1 aromatic heterocycles. The lowest BCUT2D eigenvalue weighted by Gasteiger charge is -2.22. The number of rotatable bonds is 3. The second-order valence-corrected chi connectivity index (χ2v) is 6.18. The van der Waals surface area contributed by atoms with Crippen LogP contribution in [0.15, 0.2) is 24.3 Å². The van der Waals surface area contributed by atoms with Crippen molar-refractivity contribution in [3.8, 4) is 0 Å². The lowest BCUT2D eigenvalue weighted by molar-refractivity contribution is 0.352. The van der Waals surface area contributed by atoms with E-state index < -0.39 is 0 Å². The molecule has 3 unspecified atom stereocenters. The number of benzene rings is 1. The number of para-hydroxylation sites is 2. The summed E-state index contributed by atoms with van der Waals surface area (Å²) in [5, 5.41) is 0. The van der Waals surface area contributed by atoms with E-state index in [0.717, 1.165) is 23.7 Å². The fourth-order valence-electron chi connectivity index (χ4n) is 3.43. The van der Waals surface area contributed by atoms with Gasteiger partial charge in [-0.3, -0.25) is 0 Å². The molecule has 0 N–H and O–H groups in total. The third-order valence-electron chi connectivity index (χ3n) is 4.74. The van der Waals surface area contributed by atoms with Gasteiger partial charge in [0.1, 0.15) is 5.82 Å². The van der Waals surface area contributed by atoms with Crippen LogP contribution in [0.5, 0.6) is 0 Å². The highest BCUT2D eigenvalue weighted by Crippen LogP contribution is 2.42. The van der Waals surface area contributed by atoms with Crippen LogP contribution in [0.3, 0.4) is 0 Å². The lowest BCUT2D eigenvalue weighted by Crippen LogP contribution is -2.17. The van der Waals surface area contributed by atoms with E-state index in [4.69, 9.17) is 16.6 Å². The number of fused-ring (bicyclic) bond motifs is 1. The summed E-state index contributed by atoms with van der Waals surface area (Å²) in [6.45, 7) is 4.74. The Bertz CT molecular complexity index is 575. The Hall–Kier alpha value is -1.02. The van der Waals surface area contributed by atoms with Crippen LogP contribution >= 0.6 is 11.6 Å². The largest absolute Gasteiger partial charge is 0.325 e. The standard InChI is InChI=1S/C16H21ClN2/c1-11-7-8-14(12(11)2)19-15-6-4-3-5-13(15)18-16(19)9-10-17/h3-6,11-12,14H,7-10H2,1-2H3. The number of aromatic nitrogens is 2. The minimum absolute atomic E-state index is 0.584. The molecule has 3 atom stereocenters. The van der Waals surface area contributed by atoms with E-state index in [0.29, 0.717) is 17.8 Å². The van der Waals surface area contributed by atoms with Gasteiger partial charge in [0.25, 0.3) is 0 Å².